The van der Waals surface area contributed by atoms with Gasteiger partial charge in [0.2, 0.25) is 0 Å². The summed E-state index contributed by atoms with van der Waals surface area (Å²) in [5, 5.41) is 19.6. The van der Waals surface area contributed by atoms with Crippen LogP contribution in [0.15, 0.2) is 93.8 Å². The fourth-order valence-corrected chi connectivity index (χ4v) is 4.59. The molecule has 0 bridgehead atoms. The Balaban J connectivity index is 1.40. The molecule has 4 aromatic carbocycles. The summed E-state index contributed by atoms with van der Waals surface area (Å²) >= 11 is 1.72. The van der Waals surface area contributed by atoms with Crippen molar-refractivity contribution in [3.63, 3.8) is 0 Å². The number of phenols is 1. The van der Waals surface area contributed by atoms with Gasteiger partial charge >= 0.3 is 0 Å². The molecule has 31 heavy (non-hydrogen) atoms. The highest BCUT2D eigenvalue weighted by Crippen LogP contribution is 2.44. The van der Waals surface area contributed by atoms with Crippen LogP contribution in [0.5, 0.6) is 5.75 Å². The number of nitrogens with zero attached hydrogens (tertiary/aromatic N) is 1. The van der Waals surface area contributed by atoms with Crippen molar-refractivity contribution >= 4 is 45.5 Å². The lowest BCUT2D eigenvalue weighted by Crippen LogP contribution is -2.20. The minimum atomic E-state index is -0.450. The number of benzene rings is 4. The van der Waals surface area contributed by atoms with Crippen molar-refractivity contribution < 1.29 is 9.90 Å². The van der Waals surface area contributed by atoms with Gasteiger partial charge in [0.1, 0.15) is 5.75 Å². The number of carbonyl (C=O) groups is 1. The van der Waals surface area contributed by atoms with Gasteiger partial charge in [0, 0.05) is 9.79 Å². The number of hydrogen-bond acceptors (Lipinski definition) is 5. The predicted molar refractivity (Wildman–Crippen MR) is 126 cm³/mol. The summed E-state index contributed by atoms with van der Waals surface area (Å²) < 4.78 is 0. The smallest absolute Gasteiger partial charge is 0.275 e. The summed E-state index contributed by atoms with van der Waals surface area (Å²) in [6.45, 7) is 1.84. The second-order valence-corrected chi connectivity index (χ2v) is 8.34. The summed E-state index contributed by atoms with van der Waals surface area (Å²) in [5.74, 6) is -0.521. The van der Waals surface area contributed by atoms with Gasteiger partial charge in [-0.15, -0.1) is 0 Å². The first-order chi connectivity index (χ1) is 15.1. The molecule has 5 rings (SSSR count). The molecule has 0 spiro atoms. The Morgan fingerprint density at radius 3 is 2.61 bits per heavy atom. The van der Waals surface area contributed by atoms with E-state index in [-0.39, 0.29) is 11.3 Å². The molecule has 0 radical (unpaired) electrons. The Labute approximate surface area is 183 Å². The van der Waals surface area contributed by atoms with E-state index in [2.05, 4.69) is 34.0 Å². The molecule has 0 aromatic heterocycles. The Morgan fingerprint density at radius 2 is 1.71 bits per heavy atom. The van der Waals surface area contributed by atoms with Gasteiger partial charge in [-0.2, -0.15) is 5.10 Å². The molecule has 1 aliphatic rings. The van der Waals surface area contributed by atoms with Crippen molar-refractivity contribution in [3.8, 4) is 5.75 Å². The van der Waals surface area contributed by atoms with Crippen molar-refractivity contribution in [3.05, 3.63) is 90.0 Å². The molecule has 0 fully saturated rings. The van der Waals surface area contributed by atoms with Crippen molar-refractivity contribution in [1.82, 2.24) is 5.43 Å². The van der Waals surface area contributed by atoms with Gasteiger partial charge in [-0.3, -0.25) is 4.79 Å². The number of fused-ring (bicyclic) bond motifs is 3. The van der Waals surface area contributed by atoms with E-state index >= 15 is 0 Å². The van der Waals surface area contributed by atoms with Crippen LogP contribution < -0.4 is 10.7 Å². The van der Waals surface area contributed by atoms with Gasteiger partial charge < -0.3 is 10.4 Å². The molecule has 1 aliphatic heterocycles. The van der Waals surface area contributed by atoms with Crippen LogP contribution in [0.25, 0.3) is 10.8 Å². The third kappa shape index (κ3) is 3.62. The standard InChI is InChI=1S/C25H19N3O2S/c1-15(17-11-13-23-20(14-17)26-19-8-4-5-9-22(19)31-23)27-28-25(30)24-18-7-3-2-6-16(18)10-12-21(24)29/h2-14,26,29H,1H3,(H,28,30). The van der Waals surface area contributed by atoms with Crippen molar-refractivity contribution in [2.45, 2.75) is 16.7 Å². The predicted octanol–water partition coefficient (Wildman–Crippen LogP) is 5.91. The zero-order valence-electron chi connectivity index (χ0n) is 16.7. The van der Waals surface area contributed by atoms with E-state index in [4.69, 9.17) is 0 Å². The van der Waals surface area contributed by atoms with Gasteiger partial charge in [-0.1, -0.05) is 60.3 Å². The number of anilines is 2. The van der Waals surface area contributed by atoms with Crippen LogP contribution in [0.2, 0.25) is 0 Å². The number of amides is 1. The van der Waals surface area contributed by atoms with Gasteiger partial charge in [0.15, 0.2) is 0 Å². The first kappa shape index (κ1) is 19.2. The van der Waals surface area contributed by atoms with Crippen LogP contribution in [-0.2, 0) is 0 Å². The zero-order chi connectivity index (χ0) is 21.4. The summed E-state index contributed by atoms with van der Waals surface area (Å²) in [6.07, 6.45) is 0. The van der Waals surface area contributed by atoms with Crippen molar-refractivity contribution in [2.24, 2.45) is 5.10 Å². The number of carbonyl (C=O) groups excluding carboxylic acids is 1. The van der Waals surface area contributed by atoms with E-state index in [0.717, 1.165) is 27.2 Å². The molecule has 0 atom stereocenters. The van der Waals surface area contributed by atoms with Crippen LogP contribution in [0.3, 0.4) is 0 Å². The number of phenolic OH excluding ortho intramolecular Hbond substituents is 1. The van der Waals surface area contributed by atoms with Crippen molar-refractivity contribution in [2.75, 3.05) is 5.32 Å². The second-order valence-electron chi connectivity index (χ2n) is 7.25. The Bertz CT molecular complexity index is 1360. The van der Waals surface area contributed by atoms with Crippen LogP contribution in [0.4, 0.5) is 11.4 Å². The maximum absolute atomic E-state index is 12.8. The number of rotatable bonds is 3. The average Bonchev–Trinajstić information content (AvgIpc) is 2.80. The van der Waals surface area contributed by atoms with E-state index in [1.54, 1.807) is 17.8 Å². The highest BCUT2D eigenvalue weighted by atomic mass is 32.2. The third-order valence-corrected chi connectivity index (χ3v) is 6.38. The SMILES string of the molecule is CC(=NNC(=O)c1c(O)ccc2ccccc12)c1ccc2c(c1)Nc1ccccc1S2. The normalized spacial score (nSPS) is 12.6. The molecule has 4 aromatic rings. The molecule has 6 heteroatoms. The summed E-state index contributed by atoms with van der Waals surface area (Å²) in [7, 11) is 0. The van der Waals surface area contributed by atoms with E-state index in [9.17, 15) is 9.90 Å². The molecular formula is C25H19N3O2S. The first-order valence-corrected chi connectivity index (χ1v) is 10.7. The van der Waals surface area contributed by atoms with Gasteiger partial charge in [-0.05, 0) is 53.6 Å². The lowest BCUT2D eigenvalue weighted by atomic mass is 10.0. The summed E-state index contributed by atoms with van der Waals surface area (Å²) in [5.41, 5.74) is 6.46. The van der Waals surface area contributed by atoms with E-state index in [1.165, 1.54) is 11.0 Å². The monoisotopic (exact) mass is 425 g/mol. The molecule has 0 saturated heterocycles. The molecule has 0 aliphatic carbocycles. The Morgan fingerprint density at radius 1 is 0.935 bits per heavy atom. The molecule has 1 amide bonds. The quantitative estimate of drug-likeness (QED) is 0.248. The van der Waals surface area contributed by atoms with E-state index in [0.29, 0.717) is 11.1 Å². The number of hydrazone groups is 1. The van der Waals surface area contributed by atoms with E-state index in [1.807, 2.05) is 55.5 Å². The molecular weight excluding hydrogens is 406 g/mol. The molecule has 3 N–H and O–H groups in total. The maximum atomic E-state index is 12.8. The van der Waals surface area contributed by atoms with E-state index < -0.39 is 5.91 Å². The molecule has 0 saturated carbocycles. The molecule has 152 valence electrons. The third-order valence-electron chi connectivity index (χ3n) is 5.23. The maximum Gasteiger partial charge on any atom is 0.275 e. The van der Waals surface area contributed by atoms with Gasteiger partial charge in [0.25, 0.3) is 5.91 Å². The molecule has 1 heterocycles. The summed E-state index contributed by atoms with van der Waals surface area (Å²) in [4.78, 5) is 15.1. The second kappa shape index (κ2) is 7.81. The number of aromatic hydroxyl groups is 1. The fraction of sp³-hybridized carbons (Fsp3) is 0.0400. The van der Waals surface area contributed by atoms with Crippen LogP contribution >= 0.6 is 11.8 Å². The molecule has 5 nitrogen and oxygen atoms in total. The minimum absolute atomic E-state index is 0.0716. The number of nitrogens with one attached hydrogen (secondary N) is 2. The Hall–Kier alpha value is -3.77. The number of para-hydroxylation sites is 1. The van der Waals surface area contributed by atoms with Crippen LogP contribution in [0, 0.1) is 0 Å². The van der Waals surface area contributed by atoms with Crippen molar-refractivity contribution in [1.29, 1.82) is 0 Å². The van der Waals surface area contributed by atoms with Crippen LogP contribution in [0.1, 0.15) is 22.8 Å². The fourth-order valence-electron chi connectivity index (χ4n) is 3.62. The lowest BCUT2D eigenvalue weighted by Gasteiger charge is -2.21. The minimum Gasteiger partial charge on any atom is -0.507 e. The molecule has 0 unspecified atom stereocenters. The Kier molecular flexibility index (Phi) is 4.84. The summed E-state index contributed by atoms with van der Waals surface area (Å²) in [6, 6.07) is 25.0. The highest BCUT2D eigenvalue weighted by molar-refractivity contribution is 7.99. The van der Waals surface area contributed by atoms with Gasteiger partial charge in [-0.25, -0.2) is 5.43 Å². The first-order valence-electron chi connectivity index (χ1n) is 9.84. The largest absolute Gasteiger partial charge is 0.507 e. The lowest BCUT2D eigenvalue weighted by molar-refractivity contribution is 0.0954. The van der Waals surface area contributed by atoms with Gasteiger partial charge in [0.05, 0.1) is 22.6 Å². The topological polar surface area (TPSA) is 73.7 Å². The average molecular weight is 426 g/mol. The number of hydrogen-bond donors (Lipinski definition) is 3. The van der Waals surface area contributed by atoms with Crippen LogP contribution in [-0.4, -0.2) is 16.7 Å². The highest BCUT2D eigenvalue weighted by Gasteiger charge is 2.17. The zero-order valence-corrected chi connectivity index (χ0v) is 17.5.